The number of alkyl halides is 6. The van der Waals surface area contributed by atoms with Crippen LogP contribution in [0.4, 0.5) is 30.7 Å². The molecule has 0 saturated carbocycles. The van der Waals surface area contributed by atoms with Crippen LogP contribution >= 0.6 is 0 Å². The molecule has 0 radical (unpaired) electrons. The number of nitrogens with one attached hydrogen (secondary N) is 2. The number of halogens is 7. The Labute approximate surface area is 186 Å². The fourth-order valence-corrected chi connectivity index (χ4v) is 3.73. The minimum absolute atomic E-state index is 0.0128. The molecule has 33 heavy (non-hydrogen) atoms. The summed E-state index contributed by atoms with van der Waals surface area (Å²) in [5.41, 5.74) is -0.102. The van der Waals surface area contributed by atoms with E-state index in [1.807, 2.05) is 4.90 Å². The molecule has 0 aliphatic carbocycles. The molecule has 1 heterocycles. The average molecular weight is 488 g/mol. The molecule has 1 aromatic rings. The molecule has 6 nitrogen and oxygen atoms in total. The van der Waals surface area contributed by atoms with E-state index in [-0.39, 0.29) is 17.6 Å². The first-order chi connectivity index (χ1) is 15.0. The number of carbonyl (C=O) groups is 1. The zero-order valence-corrected chi connectivity index (χ0v) is 18.2. The number of benzene rings is 1. The highest BCUT2D eigenvalue weighted by Crippen LogP contribution is 2.30. The highest BCUT2D eigenvalue weighted by molar-refractivity contribution is 5.94. The second-order valence-electron chi connectivity index (χ2n) is 8.82. The lowest BCUT2D eigenvalue weighted by Crippen LogP contribution is -2.57. The van der Waals surface area contributed by atoms with Gasteiger partial charge < -0.3 is 10.2 Å². The van der Waals surface area contributed by atoms with Crippen LogP contribution in [0.2, 0.25) is 0 Å². The Morgan fingerprint density at radius 2 is 1.73 bits per heavy atom. The lowest BCUT2D eigenvalue weighted by molar-refractivity contribution is -0.239. The third-order valence-electron chi connectivity index (χ3n) is 5.13. The Bertz CT molecular complexity index is 807. The van der Waals surface area contributed by atoms with E-state index in [2.05, 4.69) is 10.7 Å². The number of hydroxylamine groups is 1. The molecule has 0 spiro atoms. The second-order valence-corrected chi connectivity index (χ2v) is 8.82. The molecule has 1 amide bonds. The number of likely N-dealkylation sites (tertiary alicyclic amines) is 1. The molecule has 13 heteroatoms. The maximum Gasteiger partial charge on any atom is 0.416 e. The van der Waals surface area contributed by atoms with E-state index in [0.717, 1.165) is 6.07 Å². The van der Waals surface area contributed by atoms with Crippen molar-refractivity contribution >= 4 is 5.91 Å². The largest absolute Gasteiger partial charge is 0.416 e. The van der Waals surface area contributed by atoms with Gasteiger partial charge in [0.25, 0.3) is 5.91 Å². The molecule has 1 aliphatic heterocycles. The smallest absolute Gasteiger partial charge is 0.352 e. The third-order valence-corrected chi connectivity index (χ3v) is 5.13. The Hall–Kier alpha value is -1.96. The summed E-state index contributed by atoms with van der Waals surface area (Å²) in [6, 6.07) is 1.66. The monoisotopic (exact) mass is 488 g/mol. The normalized spacial score (nSPS) is 16.9. The number of rotatable bonds is 8. The molecule has 188 valence electrons. The fraction of sp³-hybridized carbons (Fsp3) is 0.650. The quantitative estimate of drug-likeness (QED) is 0.384. The predicted octanol–water partition coefficient (Wildman–Crippen LogP) is 3.82. The summed E-state index contributed by atoms with van der Waals surface area (Å²) in [6.07, 6.45) is -8.05. The summed E-state index contributed by atoms with van der Waals surface area (Å²) in [4.78, 5) is 14.2. The maximum absolute atomic E-state index is 13.5. The van der Waals surface area contributed by atoms with Gasteiger partial charge in [-0.3, -0.25) is 10.0 Å². The predicted molar refractivity (Wildman–Crippen MR) is 105 cm³/mol. The van der Waals surface area contributed by atoms with E-state index in [0.29, 0.717) is 44.6 Å². The number of amides is 1. The number of piperidine rings is 1. The van der Waals surface area contributed by atoms with Crippen LogP contribution in [0.5, 0.6) is 0 Å². The summed E-state index contributed by atoms with van der Waals surface area (Å²) in [6.45, 7) is 3.48. The Morgan fingerprint density at radius 3 is 2.27 bits per heavy atom. The summed E-state index contributed by atoms with van der Waals surface area (Å²) in [7, 11) is 0. The average Bonchev–Trinajstić information content (AvgIpc) is 2.63. The topological polar surface area (TPSA) is 67.8 Å². The summed E-state index contributed by atoms with van der Waals surface area (Å²) in [5.74, 6) is -1.92. The van der Waals surface area contributed by atoms with Crippen molar-refractivity contribution < 1.29 is 40.7 Å². The minimum atomic E-state index is -4.77. The van der Waals surface area contributed by atoms with Crippen LogP contribution in [-0.2, 0) is 6.18 Å². The van der Waals surface area contributed by atoms with Crippen LogP contribution in [0.3, 0.4) is 0 Å². The van der Waals surface area contributed by atoms with Crippen molar-refractivity contribution in [3.63, 3.8) is 0 Å². The SMILES string of the molecule is CC(C)(CN1CCC(CNC(=O)c2cc(F)cc(C(F)(F)F)c2)CC1)NN(O)CC(F)(F)F. The third kappa shape index (κ3) is 9.43. The first-order valence-electron chi connectivity index (χ1n) is 10.2. The zero-order valence-electron chi connectivity index (χ0n) is 18.2. The molecule has 1 saturated heterocycles. The van der Waals surface area contributed by atoms with E-state index in [1.165, 1.54) is 0 Å². The van der Waals surface area contributed by atoms with Crippen LogP contribution in [0.25, 0.3) is 0 Å². The second kappa shape index (κ2) is 10.5. The number of hydrogen-bond donors (Lipinski definition) is 3. The number of hydrogen-bond acceptors (Lipinski definition) is 5. The molecule has 0 atom stereocenters. The van der Waals surface area contributed by atoms with Crippen molar-refractivity contribution in [1.82, 2.24) is 20.8 Å². The van der Waals surface area contributed by atoms with E-state index in [1.54, 1.807) is 13.8 Å². The van der Waals surface area contributed by atoms with Gasteiger partial charge in [-0.1, -0.05) is 0 Å². The number of nitrogens with zero attached hydrogens (tertiary/aromatic N) is 2. The molecular formula is C20H27F7N4O2. The van der Waals surface area contributed by atoms with Gasteiger partial charge in [0.1, 0.15) is 12.4 Å². The van der Waals surface area contributed by atoms with Crippen molar-refractivity contribution in [3.05, 3.63) is 35.1 Å². The van der Waals surface area contributed by atoms with E-state index in [4.69, 9.17) is 0 Å². The molecule has 0 aromatic heterocycles. The van der Waals surface area contributed by atoms with Crippen molar-refractivity contribution in [2.45, 2.75) is 44.6 Å². The molecule has 0 unspecified atom stereocenters. The van der Waals surface area contributed by atoms with Crippen molar-refractivity contribution in [3.8, 4) is 0 Å². The Kier molecular flexibility index (Phi) is 8.71. The minimum Gasteiger partial charge on any atom is -0.352 e. The van der Waals surface area contributed by atoms with Crippen LogP contribution in [0.15, 0.2) is 18.2 Å². The lowest BCUT2D eigenvalue weighted by atomic mass is 9.95. The van der Waals surface area contributed by atoms with Crippen LogP contribution in [-0.4, -0.2) is 65.6 Å². The molecular weight excluding hydrogens is 461 g/mol. The van der Waals surface area contributed by atoms with Gasteiger partial charge in [0.15, 0.2) is 0 Å². The van der Waals surface area contributed by atoms with Crippen LogP contribution < -0.4 is 10.7 Å². The van der Waals surface area contributed by atoms with Gasteiger partial charge in [-0.25, -0.2) is 9.82 Å². The van der Waals surface area contributed by atoms with Gasteiger partial charge in [0, 0.05) is 24.2 Å². The first-order valence-corrected chi connectivity index (χ1v) is 10.2. The van der Waals surface area contributed by atoms with Crippen molar-refractivity contribution in [1.29, 1.82) is 0 Å². The maximum atomic E-state index is 13.5. The highest BCUT2D eigenvalue weighted by atomic mass is 19.4. The van der Waals surface area contributed by atoms with Crippen molar-refractivity contribution in [2.75, 3.05) is 32.7 Å². The van der Waals surface area contributed by atoms with Gasteiger partial charge >= 0.3 is 12.4 Å². The molecule has 0 bridgehead atoms. The molecule has 2 rings (SSSR count). The van der Waals surface area contributed by atoms with Gasteiger partial charge in [-0.2, -0.15) is 26.3 Å². The summed E-state index contributed by atoms with van der Waals surface area (Å²) >= 11 is 0. The molecule has 1 aliphatic rings. The highest BCUT2D eigenvalue weighted by Gasteiger charge is 2.34. The number of carbonyl (C=O) groups excluding carboxylic acids is 1. The fourth-order valence-electron chi connectivity index (χ4n) is 3.73. The summed E-state index contributed by atoms with van der Waals surface area (Å²) in [5, 5.41) is 12.0. The van der Waals surface area contributed by atoms with Crippen LogP contribution in [0.1, 0.15) is 42.6 Å². The van der Waals surface area contributed by atoms with Crippen LogP contribution in [0, 0.1) is 11.7 Å². The van der Waals surface area contributed by atoms with Gasteiger partial charge in [-0.15, -0.1) is 5.17 Å². The standard InChI is InChI=1S/C20H27F7N4O2/c1-18(2,29-31(33)12-19(22,23)24)11-30-5-3-13(4-6-30)10-28-17(32)14-7-15(20(25,26)27)9-16(21)8-14/h7-9,13,29,33H,3-6,10-12H2,1-2H3,(H,28,32). The molecule has 1 fully saturated rings. The first kappa shape index (κ1) is 27.3. The zero-order chi connectivity index (χ0) is 25.0. The molecule has 1 aromatic carbocycles. The van der Waals surface area contributed by atoms with E-state index >= 15 is 0 Å². The van der Waals surface area contributed by atoms with Gasteiger partial charge in [-0.05, 0) is 63.9 Å². The van der Waals surface area contributed by atoms with E-state index < -0.39 is 47.3 Å². The van der Waals surface area contributed by atoms with Crippen molar-refractivity contribution in [2.24, 2.45) is 5.92 Å². The van der Waals surface area contributed by atoms with Gasteiger partial charge in [0.2, 0.25) is 0 Å². The Balaban J connectivity index is 1.80. The summed E-state index contributed by atoms with van der Waals surface area (Å²) < 4.78 is 89.0. The van der Waals surface area contributed by atoms with E-state index in [9.17, 15) is 40.7 Å². The number of hydrazine groups is 1. The lowest BCUT2D eigenvalue weighted by Gasteiger charge is -2.39. The van der Waals surface area contributed by atoms with Gasteiger partial charge in [0.05, 0.1) is 5.56 Å². The Morgan fingerprint density at radius 1 is 1.12 bits per heavy atom. The molecule has 3 N–H and O–H groups in total.